The SMILES string of the molecule is Cc1cccc(CCNC2=CC=NC(N)(c3ccc4[nH]cc(C5=CCNCC5)c4c3)N2)c1. The third-order valence-corrected chi connectivity index (χ3v) is 6.19. The van der Waals surface area contributed by atoms with Gasteiger partial charge in [-0.05, 0) is 55.7 Å². The quantitative estimate of drug-likeness (QED) is 0.418. The van der Waals surface area contributed by atoms with Crippen LogP contribution in [0.2, 0.25) is 0 Å². The minimum absolute atomic E-state index is 0.815. The molecule has 1 atom stereocenters. The maximum Gasteiger partial charge on any atom is 0.210 e. The van der Waals surface area contributed by atoms with Gasteiger partial charge < -0.3 is 20.9 Å². The molecule has 0 fully saturated rings. The molecule has 32 heavy (non-hydrogen) atoms. The number of hydrogen-bond acceptors (Lipinski definition) is 5. The van der Waals surface area contributed by atoms with Crippen LogP contribution in [-0.2, 0) is 12.2 Å². The summed E-state index contributed by atoms with van der Waals surface area (Å²) in [5.41, 5.74) is 14.0. The Morgan fingerprint density at radius 3 is 2.97 bits per heavy atom. The summed E-state index contributed by atoms with van der Waals surface area (Å²) in [6, 6.07) is 14.9. The molecule has 0 spiro atoms. The number of aromatic nitrogens is 1. The summed E-state index contributed by atoms with van der Waals surface area (Å²) in [6.07, 6.45) is 10.1. The molecule has 3 aromatic rings. The molecule has 1 aromatic heterocycles. The van der Waals surface area contributed by atoms with E-state index in [-0.39, 0.29) is 0 Å². The second-order valence-electron chi connectivity index (χ2n) is 8.56. The van der Waals surface area contributed by atoms with Gasteiger partial charge in [-0.1, -0.05) is 42.0 Å². The standard InChI is InChI=1S/C26H30N6/c1-18-3-2-4-19(15-18)7-13-29-25-10-14-31-26(27,32-25)21-5-6-24-22(16-21)23(17-30-24)20-8-11-28-12-9-20/h2-6,8,10,14-17,28-30,32H,7,9,11-13,27H2,1H3. The molecule has 0 amide bonds. The van der Waals surface area contributed by atoms with Crippen molar-refractivity contribution in [3.8, 4) is 0 Å². The summed E-state index contributed by atoms with van der Waals surface area (Å²) in [7, 11) is 0. The van der Waals surface area contributed by atoms with E-state index in [1.165, 1.54) is 27.6 Å². The van der Waals surface area contributed by atoms with Crippen molar-refractivity contribution in [2.45, 2.75) is 25.6 Å². The van der Waals surface area contributed by atoms with E-state index in [1.54, 1.807) is 6.21 Å². The highest BCUT2D eigenvalue weighted by Crippen LogP contribution is 2.31. The van der Waals surface area contributed by atoms with Gasteiger partial charge in [-0.15, -0.1) is 0 Å². The topological polar surface area (TPSA) is 90.3 Å². The van der Waals surface area contributed by atoms with Crippen molar-refractivity contribution in [1.29, 1.82) is 0 Å². The van der Waals surface area contributed by atoms with Gasteiger partial charge in [0.1, 0.15) is 5.82 Å². The van der Waals surface area contributed by atoms with Crippen LogP contribution in [0.1, 0.15) is 28.7 Å². The first-order valence-corrected chi connectivity index (χ1v) is 11.2. The third-order valence-electron chi connectivity index (χ3n) is 6.19. The fourth-order valence-electron chi connectivity index (χ4n) is 4.46. The molecule has 0 saturated heterocycles. The molecule has 2 aromatic carbocycles. The first kappa shape index (κ1) is 20.5. The zero-order chi connectivity index (χ0) is 22.0. The number of aliphatic imine (C=N–C) groups is 1. The van der Waals surface area contributed by atoms with E-state index in [4.69, 9.17) is 5.73 Å². The van der Waals surface area contributed by atoms with Crippen LogP contribution in [0.25, 0.3) is 16.5 Å². The minimum atomic E-state index is -1.01. The smallest absolute Gasteiger partial charge is 0.210 e. The lowest BCUT2D eigenvalue weighted by Gasteiger charge is -2.32. The Bertz CT molecular complexity index is 1220. The Hall–Kier alpha value is -3.35. The van der Waals surface area contributed by atoms with Gasteiger partial charge in [-0.2, -0.15) is 0 Å². The summed E-state index contributed by atoms with van der Waals surface area (Å²) < 4.78 is 0. The van der Waals surface area contributed by atoms with Crippen molar-refractivity contribution in [2.75, 3.05) is 19.6 Å². The first-order valence-electron chi connectivity index (χ1n) is 11.2. The predicted octanol–water partition coefficient (Wildman–Crippen LogP) is 3.27. The van der Waals surface area contributed by atoms with Gasteiger partial charge in [0, 0.05) is 47.5 Å². The van der Waals surface area contributed by atoms with E-state index in [0.717, 1.165) is 49.4 Å². The van der Waals surface area contributed by atoms with E-state index in [1.807, 2.05) is 12.1 Å². The largest absolute Gasteiger partial charge is 0.371 e. The molecular weight excluding hydrogens is 396 g/mol. The van der Waals surface area contributed by atoms with Crippen molar-refractivity contribution in [2.24, 2.45) is 10.7 Å². The molecule has 164 valence electrons. The number of aryl methyl sites for hydroxylation is 1. The van der Waals surface area contributed by atoms with Crippen LogP contribution in [0.3, 0.4) is 0 Å². The van der Waals surface area contributed by atoms with Gasteiger partial charge in [-0.25, -0.2) is 4.99 Å². The highest BCUT2D eigenvalue weighted by Gasteiger charge is 2.29. The van der Waals surface area contributed by atoms with Crippen LogP contribution in [0.4, 0.5) is 0 Å². The Balaban J connectivity index is 1.32. The second kappa shape index (κ2) is 8.65. The lowest BCUT2D eigenvalue weighted by atomic mass is 9.97. The van der Waals surface area contributed by atoms with E-state index >= 15 is 0 Å². The Labute approximate surface area is 188 Å². The fourth-order valence-corrected chi connectivity index (χ4v) is 4.46. The van der Waals surface area contributed by atoms with Crippen molar-refractivity contribution in [3.05, 3.63) is 88.9 Å². The van der Waals surface area contributed by atoms with Crippen LogP contribution in [0.15, 0.2) is 71.6 Å². The Morgan fingerprint density at radius 2 is 2.12 bits per heavy atom. The molecule has 6 N–H and O–H groups in total. The van der Waals surface area contributed by atoms with Crippen LogP contribution in [0.5, 0.6) is 0 Å². The molecule has 1 unspecified atom stereocenters. The van der Waals surface area contributed by atoms with Gasteiger partial charge in [0.2, 0.25) is 5.79 Å². The third kappa shape index (κ3) is 4.20. The normalized spacial score (nSPS) is 20.6. The number of nitrogens with one attached hydrogen (secondary N) is 4. The van der Waals surface area contributed by atoms with Crippen molar-refractivity contribution >= 4 is 22.7 Å². The lowest BCUT2D eigenvalue weighted by Crippen LogP contribution is -2.52. The van der Waals surface area contributed by atoms with Crippen molar-refractivity contribution in [1.82, 2.24) is 20.9 Å². The number of nitrogens with two attached hydrogens (primary N) is 1. The van der Waals surface area contributed by atoms with Crippen molar-refractivity contribution in [3.63, 3.8) is 0 Å². The first-order chi connectivity index (χ1) is 15.6. The molecule has 5 rings (SSSR count). The average molecular weight is 427 g/mol. The Morgan fingerprint density at radius 1 is 1.19 bits per heavy atom. The number of fused-ring (bicyclic) bond motifs is 1. The van der Waals surface area contributed by atoms with Gasteiger partial charge >= 0.3 is 0 Å². The number of aromatic amines is 1. The molecule has 6 nitrogen and oxygen atoms in total. The van der Waals surface area contributed by atoms with Crippen LogP contribution in [-0.4, -0.2) is 30.8 Å². The van der Waals surface area contributed by atoms with Gasteiger partial charge in [-0.3, -0.25) is 5.73 Å². The van der Waals surface area contributed by atoms with E-state index < -0.39 is 5.79 Å². The summed E-state index contributed by atoms with van der Waals surface area (Å²) in [5, 5.41) is 11.4. The fraction of sp³-hybridized carbons (Fsp3) is 0.269. The van der Waals surface area contributed by atoms with Gasteiger partial charge in [0.05, 0.1) is 0 Å². The van der Waals surface area contributed by atoms with Crippen molar-refractivity contribution < 1.29 is 0 Å². The minimum Gasteiger partial charge on any atom is -0.371 e. The molecule has 3 heterocycles. The zero-order valence-corrected chi connectivity index (χ0v) is 18.4. The van der Waals surface area contributed by atoms with Crippen LogP contribution >= 0.6 is 0 Å². The molecule has 6 heteroatoms. The summed E-state index contributed by atoms with van der Waals surface area (Å²) >= 11 is 0. The maximum absolute atomic E-state index is 6.74. The Kier molecular flexibility index (Phi) is 5.55. The monoisotopic (exact) mass is 426 g/mol. The van der Waals surface area contributed by atoms with E-state index in [2.05, 4.69) is 81.5 Å². The number of benzene rings is 2. The summed E-state index contributed by atoms with van der Waals surface area (Å²) in [5.74, 6) is -0.128. The molecule has 2 aliphatic heterocycles. The number of nitrogens with zero attached hydrogens (tertiary/aromatic N) is 1. The average Bonchev–Trinajstić information content (AvgIpc) is 3.23. The summed E-state index contributed by atoms with van der Waals surface area (Å²) in [6.45, 7) is 4.86. The number of allylic oxidation sites excluding steroid dienone is 1. The molecular formula is C26H30N6. The van der Waals surface area contributed by atoms with Gasteiger partial charge in [0.15, 0.2) is 0 Å². The predicted molar refractivity (Wildman–Crippen MR) is 132 cm³/mol. The number of rotatable bonds is 6. The lowest BCUT2D eigenvalue weighted by molar-refractivity contribution is 0.382. The molecule has 2 aliphatic rings. The second-order valence-corrected chi connectivity index (χ2v) is 8.56. The summed E-state index contributed by atoms with van der Waals surface area (Å²) in [4.78, 5) is 7.98. The highest BCUT2D eigenvalue weighted by molar-refractivity contribution is 5.93. The molecule has 0 radical (unpaired) electrons. The maximum atomic E-state index is 6.74. The van der Waals surface area contributed by atoms with Gasteiger partial charge in [0.25, 0.3) is 0 Å². The molecule has 0 saturated carbocycles. The molecule has 0 aliphatic carbocycles. The van der Waals surface area contributed by atoms with Crippen LogP contribution < -0.4 is 21.7 Å². The highest BCUT2D eigenvalue weighted by atomic mass is 15.3. The van der Waals surface area contributed by atoms with E-state index in [0.29, 0.717) is 0 Å². The zero-order valence-electron chi connectivity index (χ0n) is 18.4. The number of H-pyrrole nitrogens is 1. The van der Waals surface area contributed by atoms with Crippen LogP contribution in [0, 0.1) is 6.92 Å². The number of hydrogen-bond donors (Lipinski definition) is 5. The molecule has 0 bridgehead atoms. The van der Waals surface area contributed by atoms with E-state index in [9.17, 15) is 0 Å².